The van der Waals surface area contributed by atoms with Crippen LogP contribution >= 0.6 is 23.2 Å². The second-order valence-corrected chi connectivity index (χ2v) is 8.71. The molecule has 3 aromatic carbocycles. The number of alkyl halides is 3. The Bertz CT molecular complexity index is 1240. The van der Waals surface area contributed by atoms with E-state index in [0.717, 1.165) is 23.2 Å². The smallest absolute Gasteiger partial charge is 0.481 e. The van der Waals surface area contributed by atoms with Crippen LogP contribution in [-0.4, -0.2) is 28.3 Å². The first-order chi connectivity index (χ1) is 16.9. The molecule has 36 heavy (non-hydrogen) atoms. The number of rotatable bonds is 7. The number of benzene rings is 3. The van der Waals surface area contributed by atoms with Crippen molar-refractivity contribution >= 4 is 40.8 Å². The third kappa shape index (κ3) is 7.79. The highest BCUT2D eigenvalue weighted by atomic mass is 35.5. The van der Waals surface area contributed by atoms with E-state index in [2.05, 4.69) is 5.32 Å². The van der Waals surface area contributed by atoms with E-state index in [1.807, 2.05) is 48.5 Å². The Labute approximate surface area is 214 Å². The number of carbonyl (C=O) groups is 2. The van der Waals surface area contributed by atoms with Crippen LogP contribution in [0.4, 0.5) is 18.9 Å². The van der Waals surface area contributed by atoms with Gasteiger partial charge in [-0.1, -0.05) is 47.5 Å². The molecule has 0 aliphatic heterocycles. The van der Waals surface area contributed by atoms with E-state index in [4.69, 9.17) is 42.9 Å². The van der Waals surface area contributed by atoms with Gasteiger partial charge < -0.3 is 20.3 Å². The Morgan fingerprint density at radius 1 is 0.944 bits per heavy atom. The molecule has 3 aromatic rings. The van der Waals surface area contributed by atoms with E-state index in [0.29, 0.717) is 28.1 Å². The summed E-state index contributed by atoms with van der Waals surface area (Å²) in [4.78, 5) is 19.9. The molecule has 0 saturated heterocycles. The monoisotopic (exact) mass is 541 g/mol. The molecule has 0 heterocycles. The van der Waals surface area contributed by atoms with Gasteiger partial charge in [-0.15, -0.1) is 0 Å². The molecule has 0 aromatic heterocycles. The molecule has 0 amide bonds. The normalized spacial score (nSPS) is 16.4. The third-order valence-electron chi connectivity index (χ3n) is 5.21. The van der Waals surface area contributed by atoms with Gasteiger partial charge in [-0.2, -0.15) is 13.2 Å². The Kier molecular flexibility index (Phi) is 8.70. The lowest BCUT2D eigenvalue weighted by Crippen LogP contribution is -2.21. The number of anilines is 1. The van der Waals surface area contributed by atoms with E-state index >= 15 is 0 Å². The predicted molar refractivity (Wildman–Crippen MR) is 129 cm³/mol. The van der Waals surface area contributed by atoms with Crippen molar-refractivity contribution in [3.8, 4) is 11.5 Å². The van der Waals surface area contributed by atoms with Crippen LogP contribution in [0, 0.1) is 5.92 Å². The van der Waals surface area contributed by atoms with E-state index < -0.39 is 18.1 Å². The first-order valence-corrected chi connectivity index (χ1v) is 11.3. The molecule has 6 nitrogen and oxygen atoms in total. The minimum Gasteiger partial charge on any atom is -0.481 e. The first kappa shape index (κ1) is 27.2. The average molecular weight is 542 g/mol. The van der Waals surface area contributed by atoms with Crippen molar-refractivity contribution in [1.29, 1.82) is 0 Å². The van der Waals surface area contributed by atoms with Crippen LogP contribution in [0.2, 0.25) is 10.0 Å². The van der Waals surface area contributed by atoms with Gasteiger partial charge in [0.1, 0.15) is 11.5 Å². The molecule has 1 fully saturated rings. The summed E-state index contributed by atoms with van der Waals surface area (Å²) in [5.74, 6) is -2.21. The molecule has 0 bridgehead atoms. The number of aliphatic carboxylic acids is 2. The van der Waals surface area contributed by atoms with E-state index in [1.165, 1.54) is 0 Å². The number of nitrogens with one attached hydrogen (secondary N) is 1. The van der Waals surface area contributed by atoms with Crippen molar-refractivity contribution in [3.05, 3.63) is 87.9 Å². The lowest BCUT2D eigenvalue weighted by molar-refractivity contribution is -0.192. The molecule has 0 unspecified atom stereocenters. The Hall–Kier alpha value is -3.43. The fraction of sp³-hybridized carbons (Fsp3) is 0.200. The predicted octanol–water partition coefficient (Wildman–Crippen LogP) is 7.22. The highest BCUT2D eigenvalue weighted by Crippen LogP contribution is 2.47. The zero-order valence-electron chi connectivity index (χ0n) is 18.4. The van der Waals surface area contributed by atoms with Crippen LogP contribution in [-0.2, 0) is 16.1 Å². The summed E-state index contributed by atoms with van der Waals surface area (Å²) in [5.41, 5.74) is 3.14. The van der Waals surface area contributed by atoms with Gasteiger partial charge in [0.25, 0.3) is 0 Å². The molecule has 11 heteroatoms. The van der Waals surface area contributed by atoms with Gasteiger partial charge in [-0.25, -0.2) is 4.79 Å². The molecule has 0 radical (unpaired) electrons. The summed E-state index contributed by atoms with van der Waals surface area (Å²) in [6.45, 7) is 0.638. The second-order valence-electron chi connectivity index (χ2n) is 7.89. The molecule has 3 N–H and O–H groups in total. The van der Waals surface area contributed by atoms with Crippen LogP contribution in [0.5, 0.6) is 11.5 Å². The van der Waals surface area contributed by atoms with Crippen LogP contribution in [0.25, 0.3) is 0 Å². The van der Waals surface area contributed by atoms with Crippen molar-refractivity contribution in [2.45, 2.75) is 25.1 Å². The standard InChI is InChI=1S/C23H19Cl2NO3.C2HF3O2/c24-21-9-8-18(11-22(21)25)29-17-3-1-2-14(10-17)13-26-16-6-4-15(5-7-16)19-12-20(19)23(27)28;3-2(4,5)1(6)7/h1-11,19-20,26H,12-13H2,(H,27,28);(H,6,7)/t19-,20+;/m0./s1. The summed E-state index contributed by atoms with van der Waals surface area (Å²) in [6.07, 6.45) is -4.35. The van der Waals surface area contributed by atoms with Gasteiger partial charge in [0.2, 0.25) is 0 Å². The lowest BCUT2D eigenvalue weighted by Gasteiger charge is -2.10. The first-order valence-electron chi connectivity index (χ1n) is 10.5. The lowest BCUT2D eigenvalue weighted by atomic mass is 10.1. The number of hydrogen-bond donors (Lipinski definition) is 3. The molecule has 0 spiro atoms. The largest absolute Gasteiger partial charge is 0.490 e. The number of carboxylic acid groups (broad SMARTS) is 2. The number of hydrogen-bond acceptors (Lipinski definition) is 4. The van der Waals surface area contributed by atoms with Crippen molar-refractivity contribution in [3.63, 3.8) is 0 Å². The van der Waals surface area contributed by atoms with Crippen LogP contribution in [0.1, 0.15) is 23.5 Å². The van der Waals surface area contributed by atoms with E-state index in [-0.39, 0.29) is 11.8 Å². The molecule has 1 aliphatic carbocycles. The molecule has 2 atom stereocenters. The van der Waals surface area contributed by atoms with Crippen molar-refractivity contribution in [2.24, 2.45) is 5.92 Å². The third-order valence-corrected chi connectivity index (χ3v) is 5.95. The van der Waals surface area contributed by atoms with Gasteiger partial charge in [0, 0.05) is 18.3 Å². The minimum atomic E-state index is -5.08. The highest BCUT2D eigenvalue weighted by molar-refractivity contribution is 6.42. The van der Waals surface area contributed by atoms with Gasteiger partial charge in [0.15, 0.2) is 0 Å². The molecule has 190 valence electrons. The average Bonchev–Trinajstić information content (AvgIpc) is 3.62. The van der Waals surface area contributed by atoms with Gasteiger partial charge in [-0.05, 0) is 59.9 Å². The van der Waals surface area contributed by atoms with Crippen LogP contribution < -0.4 is 10.1 Å². The summed E-state index contributed by atoms with van der Waals surface area (Å²) in [7, 11) is 0. The van der Waals surface area contributed by atoms with Gasteiger partial charge >= 0.3 is 18.1 Å². The molecular formula is C25H20Cl2F3NO5. The maximum Gasteiger partial charge on any atom is 0.490 e. The quantitative estimate of drug-likeness (QED) is 0.292. The number of carboxylic acids is 2. The van der Waals surface area contributed by atoms with Gasteiger partial charge in [0.05, 0.1) is 16.0 Å². The maximum absolute atomic E-state index is 11.0. The van der Waals surface area contributed by atoms with Crippen molar-refractivity contribution in [1.82, 2.24) is 0 Å². The number of halogens is 5. The summed E-state index contributed by atoms with van der Waals surface area (Å²) in [6, 6.07) is 20.9. The maximum atomic E-state index is 11.0. The summed E-state index contributed by atoms with van der Waals surface area (Å²) in [5, 5.41) is 20.5. The number of ether oxygens (including phenoxy) is 1. The zero-order valence-corrected chi connectivity index (χ0v) is 19.9. The van der Waals surface area contributed by atoms with Crippen molar-refractivity contribution in [2.75, 3.05) is 5.32 Å². The van der Waals surface area contributed by atoms with E-state index in [1.54, 1.807) is 18.2 Å². The molecule has 1 aliphatic rings. The topological polar surface area (TPSA) is 95.9 Å². The summed E-state index contributed by atoms with van der Waals surface area (Å²) >= 11 is 12.0. The second kappa shape index (κ2) is 11.5. The summed E-state index contributed by atoms with van der Waals surface area (Å²) < 4.78 is 37.6. The Morgan fingerprint density at radius 2 is 1.58 bits per heavy atom. The Morgan fingerprint density at radius 3 is 2.14 bits per heavy atom. The molecule has 4 rings (SSSR count). The van der Waals surface area contributed by atoms with Gasteiger partial charge in [-0.3, -0.25) is 4.79 Å². The van der Waals surface area contributed by atoms with Crippen LogP contribution in [0.3, 0.4) is 0 Å². The van der Waals surface area contributed by atoms with E-state index in [9.17, 15) is 18.0 Å². The Balaban J connectivity index is 0.000000454. The molecule has 1 saturated carbocycles. The fourth-order valence-corrected chi connectivity index (χ4v) is 3.57. The minimum absolute atomic E-state index is 0.150. The fourth-order valence-electron chi connectivity index (χ4n) is 3.28. The molecular weight excluding hydrogens is 522 g/mol. The SMILES string of the molecule is O=C(O)C(F)(F)F.O=C(O)[C@@H]1C[C@H]1c1ccc(NCc2cccc(Oc3ccc(Cl)c(Cl)c3)c2)cc1. The van der Waals surface area contributed by atoms with Crippen molar-refractivity contribution < 1.29 is 37.7 Å². The zero-order chi connectivity index (χ0) is 26.5. The highest BCUT2D eigenvalue weighted by Gasteiger charge is 2.44. The van der Waals surface area contributed by atoms with Crippen LogP contribution in [0.15, 0.2) is 66.7 Å².